The molecule has 2 heterocycles. The van der Waals surface area contributed by atoms with Crippen molar-refractivity contribution in [2.24, 2.45) is 0 Å². The van der Waals surface area contributed by atoms with Crippen LogP contribution in [0.1, 0.15) is 31.1 Å². The number of hydrogen-bond donors (Lipinski definition) is 0. The molecular weight excluding hydrogens is 388 g/mol. The minimum atomic E-state index is -0.548. The topological polar surface area (TPSA) is 76.6 Å². The lowest BCUT2D eigenvalue weighted by Crippen LogP contribution is -2.33. The molecule has 0 saturated heterocycles. The van der Waals surface area contributed by atoms with Crippen molar-refractivity contribution >= 4 is 29.5 Å². The number of pyridine rings is 1. The number of imide groups is 1. The van der Waals surface area contributed by atoms with E-state index < -0.39 is 5.97 Å². The second-order valence-corrected chi connectivity index (χ2v) is 7.28. The Morgan fingerprint density at radius 3 is 2.24 bits per heavy atom. The van der Waals surface area contributed by atoms with Gasteiger partial charge in [-0.1, -0.05) is 42.1 Å². The highest BCUT2D eigenvalue weighted by atomic mass is 32.2. The van der Waals surface area contributed by atoms with Gasteiger partial charge in [0.25, 0.3) is 11.8 Å². The van der Waals surface area contributed by atoms with Gasteiger partial charge in [-0.25, -0.2) is 9.78 Å². The molecule has 7 heteroatoms. The summed E-state index contributed by atoms with van der Waals surface area (Å²) in [6, 6.07) is 19.5. The Balaban J connectivity index is 1.40. The third-order valence-corrected chi connectivity index (χ3v) is 5.40. The van der Waals surface area contributed by atoms with E-state index in [-0.39, 0.29) is 25.0 Å². The summed E-state index contributed by atoms with van der Waals surface area (Å²) in [7, 11) is 0. The number of hydrogen-bond acceptors (Lipinski definition) is 6. The number of esters is 1. The highest BCUT2D eigenvalue weighted by Gasteiger charge is 2.34. The number of carbonyl (C=O) groups excluding carboxylic acids is 3. The number of amides is 2. The van der Waals surface area contributed by atoms with Crippen LogP contribution in [0.3, 0.4) is 0 Å². The molecule has 1 aromatic heterocycles. The van der Waals surface area contributed by atoms with Crippen LogP contribution in [0, 0.1) is 0 Å². The lowest BCUT2D eigenvalue weighted by Gasteiger charge is -2.14. The quantitative estimate of drug-likeness (QED) is 0.461. The molecule has 3 aromatic rings. The molecule has 0 atom stereocenters. The first-order valence-corrected chi connectivity index (χ1v) is 9.77. The van der Waals surface area contributed by atoms with Gasteiger partial charge < -0.3 is 4.74 Å². The van der Waals surface area contributed by atoms with Gasteiger partial charge >= 0.3 is 5.97 Å². The van der Waals surface area contributed by atoms with Crippen LogP contribution in [0.25, 0.3) is 0 Å². The molecule has 6 nitrogen and oxygen atoms in total. The Morgan fingerprint density at radius 1 is 0.897 bits per heavy atom. The Labute approximate surface area is 171 Å². The highest BCUT2D eigenvalue weighted by Crippen LogP contribution is 2.28. The fraction of sp³-hybridized carbons (Fsp3) is 0.0909. The SMILES string of the molecule is O=C(OCCN1C(=O)c2ccccc2C1=O)c1cccnc1Sc1ccccc1. The summed E-state index contributed by atoms with van der Waals surface area (Å²) in [6.07, 6.45) is 1.61. The van der Waals surface area contributed by atoms with Crippen LogP contribution in [-0.2, 0) is 4.74 Å². The number of aromatic nitrogens is 1. The Kier molecular flexibility index (Phi) is 5.39. The van der Waals surface area contributed by atoms with Gasteiger partial charge in [-0.2, -0.15) is 0 Å². The highest BCUT2D eigenvalue weighted by molar-refractivity contribution is 7.99. The van der Waals surface area contributed by atoms with Crippen molar-refractivity contribution in [3.8, 4) is 0 Å². The monoisotopic (exact) mass is 404 g/mol. The van der Waals surface area contributed by atoms with E-state index in [4.69, 9.17) is 4.74 Å². The molecular formula is C22H16N2O4S. The third kappa shape index (κ3) is 3.90. The number of rotatable bonds is 6. The summed E-state index contributed by atoms with van der Waals surface area (Å²) >= 11 is 1.36. The number of nitrogens with zero attached hydrogens (tertiary/aromatic N) is 2. The van der Waals surface area contributed by atoms with E-state index in [0.717, 1.165) is 9.80 Å². The van der Waals surface area contributed by atoms with Crippen molar-refractivity contribution in [3.63, 3.8) is 0 Å². The van der Waals surface area contributed by atoms with Gasteiger partial charge in [0, 0.05) is 11.1 Å². The molecule has 0 saturated carbocycles. The molecule has 2 aromatic carbocycles. The molecule has 0 spiro atoms. The van der Waals surface area contributed by atoms with Gasteiger partial charge in [0.1, 0.15) is 11.6 Å². The minimum Gasteiger partial charge on any atom is -0.460 e. The molecule has 0 aliphatic carbocycles. The first-order chi connectivity index (χ1) is 14.1. The number of benzene rings is 2. The van der Waals surface area contributed by atoms with Crippen LogP contribution in [0.2, 0.25) is 0 Å². The van der Waals surface area contributed by atoms with Crippen molar-refractivity contribution in [3.05, 3.63) is 89.6 Å². The van der Waals surface area contributed by atoms with E-state index in [1.165, 1.54) is 11.8 Å². The molecule has 0 unspecified atom stereocenters. The second-order valence-electron chi connectivity index (χ2n) is 6.21. The van der Waals surface area contributed by atoms with Crippen LogP contribution in [0.5, 0.6) is 0 Å². The van der Waals surface area contributed by atoms with E-state index in [2.05, 4.69) is 4.98 Å². The van der Waals surface area contributed by atoms with E-state index >= 15 is 0 Å². The predicted octanol–water partition coefficient (Wildman–Crippen LogP) is 3.69. The van der Waals surface area contributed by atoms with Crippen molar-refractivity contribution < 1.29 is 19.1 Å². The summed E-state index contributed by atoms with van der Waals surface area (Å²) in [5.41, 5.74) is 1.08. The average Bonchev–Trinajstić information content (AvgIpc) is 3.00. The maximum absolute atomic E-state index is 12.5. The van der Waals surface area contributed by atoms with Crippen LogP contribution < -0.4 is 0 Å². The second kappa shape index (κ2) is 8.28. The molecule has 0 N–H and O–H groups in total. The Hall–Kier alpha value is -3.45. The van der Waals surface area contributed by atoms with Gasteiger partial charge in [0.2, 0.25) is 0 Å². The standard InChI is InChI=1S/C22H16N2O4S/c25-20-16-9-4-5-10-17(16)21(26)24(20)13-14-28-22(27)18-11-6-12-23-19(18)29-15-7-2-1-3-8-15/h1-12H,13-14H2. The third-order valence-electron chi connectivity index (χ3n) is 4.38. The van der Waals surface area contributed by atoms with Gasteiger partial charge in [-0.15, -0.1) is 0 Å². The first kappa shape index (κ1) is 18.9. The van der Waals surface area contributed by atoms with E-state index in [1.807, 2.05) is 30.3 Å². The van der Waals surface area contributed by atoms with Gasteiger partial charge in [0.15, 0.2) is 0 Å². The Bertz CT molecular complexity index is 1050. The van der Waals surface area contributed by atoms with Crippen molar-refractivity contribution in [2.45, 2.75) is 9.92 Å². The average molecular weight is 404 g/mol. The lowest BCUT2D eigenvalue weighted by atomic mass is 10.1. The van der Waals surface area contributed by atoms with Crippen LogP contribution >= 0.6 is 11.8 Å². The molecule has 29 heavy (non-hydrogen) atoms. The molecule has 0 bridgehead atoms. The summed E-state index contributed by atoms with van der Waals surface area (Å²) in [5, 5.41) is 0.532. The maximum atomic E-state index is 12.5. The summed E-state index contributed by atoms with van der Waals surface area (Å²) in [4.78, 5) is 43.6. The van der Waals surface area contributed by atoms with E-state index in [9.17, 15) is 14.4 Å². The van der Waals surface area contributed by atoms with Crippen LogP contribution in [-0.4, -0.2) is 40.8 Å². The van der Waals surface area contributed by atoms with Crippen molar-refractivity contribution in [2.75, 3.05) is 13.2 Å². The fourth-order valence-corrected chi connectivity index (χ4v) is 3.87. The summed E-state index contributed by atoms with van der Waals surface area (Å²) in [5.74, 6) is -1.29. The summed E-state index contributed by atoms with van der Waals surface area (Å²) in [6.45, 7) is -0.0891. The normalized spacial score (nSPS) is 12.8. The zero-order valence-electron chi connectivity index (χ0n) is 15.3. The molecule has 1 aliphatic rings. The largest absolute Gasteiger partial charge is 0.460 e. The van der Waals surface area contributed by atoms with Crippen molar-refractivity contribution in [1.82, 2.24) is 9.88 Å². The summed E-state index contributed by atoms with van der Waals surface area (Å²) < 4.78 is 5.33. The minimum absolute atomic E-state index is 0.000486. The lowest BCUT2D eigenvalue weighted by molar-refractivity contribution is 0.0416. The first-order valence-electron chi connectivity index (χ1n) is 8.95. The smallest absolute Gasteiger partial charge is 0.340 e. The number of carbonyl (C=O) groups is 3. The zero-order chi connectivity index (χ0) is 20.2. The number of ether oxygens (including phenoxy) is 1. The Morgan fingerprint density at radius 2 is 1.55 bits per heavy atom. The van der Waals surface area contributed by atoms with Gasteiger partial charge in [0.05, 0.1) is 23.2 Å². The van der Waals surface area contributed by atoms with Crippen molar-refractivity contribution in [1.29, 1.82) is 0 Å². The maximum Gasteiger partial charge on any atom is 0.340 e. The molecule has 0 fully saturated rings. The molecule has 1 aliphatic heterocycles. The van der Waals surface area contributed by atoms with Crippen LogP contribution in [0.4, 0.5) is 0 Å². The zero-order valence-corrected chi connectivity index (χ0v) is 16.1. The molecule has 4 rings (SSSR count). The molecule has 144 valence electrons. The predicted molar refractivity (Wildman–Crippen MR) is 107 cm³/mol. The van der Waals surface area contributed by atoms with Gasteiger partial charge in [-0.05, 0) is 36.4 Å². The van der Waals surface area contributed by atoms with E-state index in [0.29, 0.717) is 21.7 Å². The molecule has 2 amide bonds. The van der Waals surface area contributed by atoms with Crippen LogP contribution in [0.15, 0.2) is 82.8 Å². The van der Waals surface area contributed by atoms with Gasteiger partial charge in [-0.3, -0.25) is 14.5 Å². The fourth-order valence-electron chi connectivity index (χ4n) is 2.98. The van der Waals surface area contributed by atoms with E-state index in [1.54, 1.807) is 42.6 Å². The number of fused-ring (bicyclic) bond motifs is 1. The molecule has 0 radical (unpaired) electrons.